The summed E-state index contributed by atoms with van der Waals surface area (Å²) < 4.78 is 21.4. The minimum absolute atomic E-state index is 0.252. The van der Waals surface area contributed by atoms with Crippen LogP contribution in [0.15, 0.2) is 54.7 Å². The van der Waals surface area contributed by atoms with Crippen LogP contribution < -0.4 is 15.8 Å². The summed E-state index contributed by atoms with van der Waals surface area (Å²) in [5, 5.41) is 3.46. The Hall–Kier alpha value is -3.87. The van der Waals surface area contributed by atoms with Gasteiger partial charge in [0.05, 0.1) is 0 Å². The Labute approximate surface area is 179 Å². The highest BCUT2D eigenvalue weighted by atomic mass is 19.1. The number of aryl methyl sites for hydroxylation is 3. The third-order valence-electron chi connectivity index (χ3n) is 5.01. The number of hydrogen-bond donors (Lipinski definition) is 2. The van der Waals surface area contributed by atoms with Crippen LogP contribution in [0, 0.1) is 26.6 Å². The van der Waals surface area contributed by atoms with Gasteiger partial charge in [-0.2, -0.15) is 0 Å². The monoisotopic (exact) mass is 418 g/mol. The number of pyridine rings is 1. The molecular formula is C24H23FN4O2. The number of halogens is 1. The van der Waals surface area contributed by atoms with Crippen molar-refractivity contribution in [2.45, 2.75) is 20.8 Å². The highest BCUT2D eigenvalue weighted by molar-refractivity contribution is 5.84. The van der Waals surface area contributed by atoms with Crippen molar-refractivity contribution in [3.05, 3.63) is 77.2 Å². The lowest BCUT2D eigenvalue weighted by Crippen LogP contribution is -2.20. The molecule has 6 nitrogen and oxygen atoms in total. The van der Waals surface area contributed by atoms with Crippen LogP contribution in [0.25, 0.3) is 16.9 Å². The van der Waals surface area contributed by atoms with Gasteiger partial charge in [-0.1, -0.05) is 29.8 Å². The van der Waals surface area contributed by atoms with Crippen molar-refractivity contribution < 1.29 is 13.9 Å². The average molecular weight is 418 g/mol. The maximum atomic E-state index is 14.1. The van der Waals surface area contributed by atoms with Gasteiger partial charge >= 0.3 is 0 Å². The Morgan fingerprint density at radius 2 is 1.84 bits per heavy atom. The van der Waals surface area contributed by atoms with Crippen LogP contribution in [-0.2, 0) is 4.79 Å². The Balaban J connectivity index is 1.91. The molecule has 7 heteroatoms. The number of primary amides is 1. The van der Waals surface area contributed by atoms with E-state index in [2.05, 4.69) is 17.4 Å². The van der Waals surface area contributed by atoms with Gasteiger partial charge in [-0.15, -0.1) is 0 Å². The highest BCUT2D eigenvalue weighted by Crippen LogP contribution is 2.38. The van der Waals surface area contributed by atoms with Crippen molar-refractivity contribution in [3.63, 3.8) is 0 Å². The molecule has 2 aromatic heterocycles. The molecule has 0 aliphatic heterocycles. The Bertz CT molecular complexity index is 1270. The van der Waals surface area contributed by atoms with Crippen LogP contribution in [0.3, 0.4) is 0 Å². The fraction of sp³-hybridized carbons (Fsp3) is 0.167. The number of hydrogen-bond acceptors (Lipinski definition) is 4. The Morgan fingerprint density at radius 3 is 2.55 bits per heavy atom. The zero-order chi connectivity index (χ0) is 22.1. The molecule has 0 saturated heterocycles. The van der Waals surface area contributed by atoms with Crippen LogP contribution >= 0.6 is 0 Å². The van der Waals surface area contributed by atoms with Gasteiger partial charge in [0.1, 0.15) is 28.7 Å². The van der Waals surface area contributed by atoms with Crippen LogP contribution in [0.2, 0.25) is 0 Å². The van der Waals surface area contributed by atoms with Gasteiger partial charge in [0.15, 0.2) is 6.61 Å². The standard InChI is InChI=1S/C24H23FN4O2/c1-14-10-15(2)22(16(3)11-14)28-24-23(27-21-9-8-17(25)12-29(21)24)18-6-4-5-7-19(18)31-13-20(26)30/h4-12,28H,13H2,1-3H3,(H2,26,30). The fourth-order valence-corrected chi connectivity index (χ4v) is 3.76. The fourth-order valence-electron chi connectivity index (χ4n) is 3.76. The largest absolute Gasteiger partial charge is 0.483 e. The number of amides is 1. The molecule has 2 aromatic carbocycles. The number of para-hydroxylation sites is 1. The molecule has 0 spiro atoms. The third-order valence-corrected chi connectivity index (χ3v) is 5.01. The van der Waals surface area contributed by atoms with E-state index in [0.717, 1.165) is 22.4 Å². The van der Waals surface area contributed by atoms with Gasteiger partial charge in [0, 0.05) is 17.4 Å². The molecule has 0 atom stereocenters. The van der Waals surface area contributed by atoms with Crippen molar-refractivity contribution in [2.75, 3.05) is 11.9 Å². The Morgan fingerprint density at radius 1 is 1.13 bits per heavy atom. The summed E-state index contributed by atoms with van der Waals surface area (Å²) in [5.74, 6) is 0.108. The summed E-state index contributed by atoms with van der Waals surface area (Å²) in [6.07, 6.45) is 1.39. The van der Waals surface area contributed by atoms with E-state index in [4.69, 9.17) is 15.5 Å². The van der Waals surface area contributed by atoms with E-state index in [1.54, 1.807) is 22.6 Å². The van der Waals surface area contributed by atoms with Crippen molar-refractivity contribution in [3.8, 4) is 17.0 Å². The molecule has 0 bridgehead atoms. The molecule has 0 saturated carbocycles. The average Bonchev–Trinajstić information content (AvgIpc) is 3.06. The SMILES string of the molecule is Cc1cc(C)c(Nc2c(-c3ccccc3OCC(N)=O)nc3ccc(F)cn23)c(C)c1. The number of rotatable bonds is 6. The van der Waals surface area contributed by atoms with E-state index in [0.29, 0.717) is 28.5 Å². The van der Waals surface area contributed by atoms with E-state index in [1.807, 2.05) is 32.9 Å². The molecule has 2 heterocycles. The van der Waals surface area contributed by atoms with Crippen molar-refractivity contribution >= 4 is 23.1 Å². The number of aromatic nitrogens is 2. The summed E-state index contributed by atoms with van der Waals surface area (Å²) in [6.45, 7) is 5.84. The molecule has 158 valence electrons. The number of imidazole rings is 1. The van der Waals surface area contributed by atoms with Crippen LogP contribution in [0.1, 0.15) is 16.7 Å². The number of fused-ring (bicyclic) bond motifs is 1. The molecule has 3 N–H and O–H groups in total. The summed E-state index contributed by atoms with van der Waals surface area (Å²) in [5.41, 5.74) is 11.3. The predicted molar refractivity (Wildman–Crippen MR) is 119 cm³/mol. The molecule has 4 rings (SSSR count). The first-order valence-electron chi connectivity index (χ1n) is 9.86. The zero-order valence-electron chi connectivity index (χ0n) is 17.6. The van der Waals surface area contributed by atoms with Crippen LogP contribution in [0.4, 0.5) is 15.9 Å². The Kier molecular flexibility index (Phi) is 5.33. The topological polar surface area (TPSA) is 81.6 Å². The number of nitrogens with two attached hydrogens (primary N) is 1. The number of anilines is 2. The second kappa shape index (κ2) is 8.10. The summed E-state index contributed by atoms with van der Waals surface area (Å²) in [6, 6.07) is 14.4. The summed E-state index contributed by atoms with van der Waals surface area (Å²) in [7, 11) is 0. The number of benzene rings is 2. The van der Waals surface area contributed by atoms with Gasteiger partial charge < -0.3 is 15.8 Å². The zero-order valence-corrected chi connectivity index (χ0v) is 17.6. The highest BCUT2D eigenvalue weighted by Gasteiger charge is 2.20. The lowest BCUT2D eigenvalue weighted by Gasteiger charge is -2.16. The van der Waals surface area contributed by atoms with Crippen molar-refractivity contribution in [1.82, 2.24) is 9.38 Å². The third kappa shape index (κ3) is 4.07. The maximum Gasteiger partial charge on any atom is 0.255 e. The van der Waals surface area contributed by atoms with Gasteiger partial charge in [-0.3, -0.25) is 9.20 Å². The number of nitrogens with one attached hydrogen (secondary N) is 1. The predicted octanol–water partition coefficient (Wildman–Crippen LogP) is 4.67. The van der Waals surface area contributed by atoms with Crippen LogP contribution in [-0.4, -0.2) is 21.9 Å². The first kappa shape index (κ1) is 20.4. The lowest BCUT2D eigenvalue weighted by atomic mass is 10.0. The molecule has 31 heavy (non-hydrogen) atoms. The summed E-state index contributed by atoms with van der Waals surface area (Å²) >= 11 is 0. The minimum atomic E-state index is -0.573. The number of ether oxygens (including phenoxy) is 1. The van der Waals surface area contributed by atoms with E-state index >= 15 is 0 Å². The van der Waals surface area contributed by atoms with Gasteiger partial charge in [0.25, 0.3) is 5.91 Å². The normalized spacial score (nSPS) is 11.0. The van der Waals surface area contributed by atoms with Gasteiger partial charge in [0.2, 0.25) is 0 Å². The minimum Gasteiger partial charge on any atom is -0.483 e. The van der Waals surface area contributed by atoms with E-state index < -0.39 is 5.91 Å². The van der Waals surface area contributed by atoms with E-state index in [-0.39, 0.29) is 12.4 Å². The molecule has 0 fully saturated rings. The number of carbonyl (C=O) groups excluding carboxylic acids is 1. The molecule has 0 aliphatic carbocycles. The van der Waals surface area contributed by atoms with E-state index in [1.165, 1.54) is 12.3 Å². The number of nitrogens with zero attached hydrogens (tertiary/aromatic N) is 2. The first-order valence-corrected chi connectivity index (χ1v) is 9.86. The molecular weight excluding hydrogens is 395 g/mol. The smallest absolute Gasteiger partial charge is 0.255 e. The van der Waals surface area contributed by atoms with Crippen LogP contribution in [0.5, 0.6) is 5.75 Å². The van der Waals surface area contributed by atoms with Gasteiger partial charge in [-0.25, -0.2) is 9.37 Å². The molecule has 0 unspecified atom stereocenters. The van der Waals surface area contributed by atoms with E-state index in [9.17, 15) is 9.18 Å². The van der Waals surface area contributed by atoms with Gasteiger partial charge in [-0.05, 0) is 56.2 Å². The first-order chi connectivity index (χ1) is 14.8. The molecule has 4 aromatic rings. The quantitative estimate of drug-likeness (QED) is 0.477. The summed E-state index contributed by atoms with van der Waals surface area (Å²) in [4.78, 5) is 16.0. The lowest BCUT2D eigenvalue weighted by molar-refractivity contribution is -0.119. The molecule has 0 radical (unpaired) electrons. The van der Waals surface area contributed by atoms with Crippen molar-refractivity contribution in [1.29, 1.82) is 0 Å². The second-order valence-corrected chi connectivity index (χ2v) is 7.53. The molecule has 0 aliphatic rings. The van der Waals surface area contributed by atoms with Crippen molar-refractivity contribution in [2.24, 2.45) is 5.73 Å². The maximum absolute atomic E-state index is 14.1. The molecule has 1 amide bonds. The number of carbonyl (C=O) groups is 1. The second-order valence-electron chi connectivity index (χ2n) is 7.53.